The molecule has 0 saturated carbocycles. The first-order valence-corrected chi connectivity index (χ1v) is 6.73. The molecule has 108 valence electrons. The molecule has 1 aromatic carbocycles. The normalized spacial score (nSPS) is 18.2. The Morgan fingerprint density at radius 3 is 2.67 bits per heavy atom. The van der Waals surface area contributed by atoms with E-state index < -0.39 is 11.9 Å². The highest BCUT2D eigenvalue weighted by molar-refractivity contribution is 5.86. The summed E-state index contributed by atoms with van der Waals surface area (Å²) >= 11 is 0. The van der Waals surface area contributed by atoms with E-state index in [1.165, 1.54) is 0 Å². The number of hydrogen-bond donors (Lipinski definition) is 1. The van der Waals surface area contributed by atoms with Gasteiger partial charge in [0.15, 0.2) is 0 Å². The molecular formula is C15H15N3O3. The van der Waals surface area contributed by atoms with Crippen molar-refractivity contribution in [2.45, 2.75) is 13.0 Å². The van der Waals surface area contributed by atoms with E-state index in [1.807, 2.05) is 36.5 Å². The maximum Gasteiger partial charge on any atom is 0.308 e. The maximum absolute atomic E-state index is 11.8. The summed E-state index contributed by atoms with van der Waals surface area (Å²) in [4.78, 5) is 24.3. The second-order valence-electron chi connectivity index (χ2n) is 5.13. The van der Waals surface area contributed by atoms with Crippen molar-refractivity contribution < 1.29 is 14.7 Å². The van der Waals surface area contributed by atoms with Crippen LogP contribution in [0.3, 0.4) is 0 Å². The standard InChI is InChI=1S/C15H15N3O3/c19-14-8-12(15(20)21)10-17(14)9-11-2-4-13(5-3-11)18-7-1-6-16-18/h1-7,12H,8-10H2,(H,20,21)/t12-/m1/s1. The van der Waals surface area contributed by atoms with Gasteiger partial charge in [-0.25, -0.2) is 4.68 Å². The quantitative estimate of drug-likeness (QED) is 0.919. The molecule has 2 heterocycles. The second kappa shape index (κ2) is 5.40. The lowest BCUT2D eigenvalue weighted by Crippen LogP contribution is -2.25. The Morgan fingerprint density at radius 1 is 1.33 bits per heavy atom. The van der Waals surface area contributed by atoms with Gasteiger partial charge in [-0.3, -0.25) is 9.59 Å². The molecule has 1 aliphatic heterocycles. The van der Waals surface area contributed by atoms with Crippen LogP contribution in [0.25, 0.3) is 5.69 Å². The van der Waals surface area contributed by atoms with E-state index in [1.54, 1.807) is 15.8 Å². The van der Waals surface area contributed by atoms with Crippen LogP contribution in [0.2, 0.25) is 0 Å². The van der Waals surface area contributed by atoms with Gasteiger partial charge in [0, 0.05) is 31.9 Å². The van der Waals surface area contributed by atoms with Crippen molar-refractivity contribution in [3.8, 4) is 5.69 Å². The number of nitrogens with zero attached hydrogens (tertiary/aromatic N) is 3. The summed E-state index contributed by atoms with van der Waals surface area (Å²) < 4.78 is 1.76. The molecule has 6 heteroatoms. The predicted molar refractivity (Wildman–Crippen MR) is 74.7 cm³/mol. The van der Waals surface area contributed by atoms with Crippen LogP contribution in [0.15, 0.2) is 42.7 Å². The van der Waals surface area contributed by atoms with Gasteiger partial charge < -0.3 is 10.0 Å². The SMILES string of the molecule is O=C(O)[C@@H]1CC(=O)N(Cc2ccc(-n3cccn3)cc2)C1. The highest BCUT2D eigenvalue weighted by Gasteiger charge is 2.33. The Kier molecular flexibility index (Phi) is 3.43. The molecular weight excluding hydrogens is 270 g/mol. The number of carboxylic acids is 1. The Balaban J connectivity index is 1.68. The highest BCUT2D eigenvalue weighted by atomic mass is 16.4. The summed E-state index contributed by atoms with van der Waals surface area (Å²) in [6.45, 7) is 0.733. The number of carbonyl (C=O) groups excluding carboxylic acids is 1. The average molecular weight is 285 g/mol. The lowest BCUT2D eigenvalue weighted by Gasteiger charge is -2.16. The average Bonchev–Trinajstić information content (AvgIpc) is 3.10. The number of likely N-dealkylation sites (tertiary alicyclic amines) is 1. The summed E-state index contributed by atoms with van der Waals surface area (Å²) in [6.07, 6.45) is 3.67. The summed E-state index contributed by atoms with van der Waals surface area (Å²) in [5, 5.41) is 13.1. The number of hydrogen-bond acceptors (Lipinski definition) is 3. The van der Waals surface area contributed by atoms with Crippen LogP contribution in [0.5, 0.6) is 0 Å². The van der Waals surface area contributed by atoms with Crippen molar-refractivity contribution in [1.29, 1.82) is 0 Å². The van der Waals surface area contributed by atoms with Crippen LogP contribution < -0.4 is 0 Å². The molecule has 1 amide bonds. The van der Waals surface area contributed by atoms with Gasteiger partial charge in [0.1, 0.15) is 0 Å². The minimum atomic E-state index is -0.903. The van der Waals surface area contributed by atoms with Crippen molar-refractivity contribution >= 4 is 11.9 Å². The summed E-state index contributed by atoms with van der Waals surface area (Å²) in [5.41, 5.74) is 1.92. The molecule has 1 aliphatic rings. The fourth-order valence-corrected chi connectivity index (χ4v) is 2.49. The number of aromatic nitrogens is 2. The number of carbonyl (C=O) groups is 2. The smallest absolute Gasteiger partial charge is 0.308 e. The van der Waals surface area contributed by atoms with Gasteiger partial charge in [0.25, 0.3) is 0 Å². The Morgan fingerprint density at radius 2 is 2.10 bits per heavy atom. The summed E-state index contributed by atoms with van der Waals surface area (Å²) in [5.74, 6) is -1.58. The molecule has 0 radical (unpaired) electrons. The minimum Gasteiger partial charge on any atom is -0.481 e. The fraction of sp³-hybridized carbons (Fsp3) is 0.267. The molecule has 2 aromatic rings. The Hall–Kier alpha value is -2.63. The van der Waals surface area contributed by atoms with Crippen LogP contribution in [-0.2, 0) is 16.1 Å². The van der Waals surface area contributed by atoms with Crippen LogP contribution >= 0.6 is 0 Å². The first-order chi connectivity index (χ1) is 10.1. The first-order valence-electron chi connectivity index (χ1n) is 6.73. The Bertz CT molecular complexity index is 649. The first kappa shape index (κ1) is 13.4. The number of aliphatic carboxylic acids is 1. The number of carboxylic acid groups (broad SMARTS) is 1. The molecule has 1 saturated heterocycles. The molecule has 0 spiro atoms. The van der Waals surface area contributed by atoms with Gasteiger partial charge in [0.2, 0.25) is 5.91 Å². The second-order valence-corrected chi connectivity index (χ2v) is 5.13. The zero-order valence-electron chi connectivity index (χ0n) is 11.3. The van der Waals surface area contributed by atoms with Crippen LogP contribution in [0.4, 0.5) is 0 Å². The van der Waals surface area contributed by atoms with E-state index in [2.05, 4.69) is 5.10 Å². The van der Waals surface area contributed by atoms with Gasteiger partial charge >= 0.3 is 5.97 Å². The fourth-order valence-electron chi connectivity index (χ4n) is 2.49. The zero-order chi connectivity index (χ0) is 14.8. The largest absolute Gasteiger partial charge is 0.481 e. The van der Waals surface area contributed by atoms with Crippen LogP contribution in [0, 0.1) is 5.92 Å². The van der Waals surface area contributed by atoms with E-state index in [0.29, 0.717) is 6.54 Å². The summed E-state index contributed by atoms with van der Waals surface area (Å²) in [6, 6.07) is 9.56. The molecule has 1 fully saturated rings. The predicted octanol–water partition coefficient (Wildman–Crippen LogP) is 1.31. The van der Waals surface area contributed by atoms with Gasteiger partial charge in [-0.15, -0.1) is 0 Å². The molecule has 0 bridgehead atoms. The van der Waals surface area contributed by atoms with Crippen LogP contribution in [0.1, 0.15) is 12.0 Å². The monoisotopic (exact) mass is 285 g/mol. The summed E-state index contributed by atoms with van der Waals surface area (Å²) in [7, 11) is 0. The third-order valence-corrected chi connectivity index (χ3v) is 3.64. The zero-order valence-corrected chi connectivity index (χ0v) is 11.3. The third-order valence-electron chi connectivity index (χ3n) is 3.64. The van der Waals surface area contributed by atoms with Gasteiger partial charge in [-0.05, 0) is 23.8 Å². The minimum absolute atomic E-state index is 0.0979. The van der Waals surface area contributed by atoms with Crippen LogP contribution in [-0.4, -0.2) is 38.2 Å². The molecule has 3 rings (SSSR count). The van der Waals surface area contributed by atoms with Gasteiger partial charge in [-0.1, -0.05) is 12.1 Å². The lowest BCUT2D eigenvalue weighted by atomic mass is 10.1. The van der Waals surface area contributed by atoms with Crippen molar-refractivity contribution in [1.82, 2.24) is 14.7 Å². The molecule has 0 aliphatic carbocycles. The molecule has 1 atom stereocenters. The van der Waals surface area contributed by atoms with E-state index in [9.17, 15) is 9.59 Å². The van der Waals surface area contributed by atoms with Gasteiger partial charge in [0.05, 0.1) is 11.6 Å². The molecule has 1 aromatic heterocycles. The molecule has 0 unspecified atom stereocenters. The third kappa shape index (κ3) is 2.79. The van der Waals surface area contributed by atoms with Crippen molar-refractivity contribution in [2.75, 3.05) is 6.54 Å². The Labute approximate surface area is 121 Å². The van der Waals surface area contributed by atoms with E-state index in [0.717, 1.165) is 11.3 Å². The number of amides is 1. The molecule has 6 nitrogen and oxygen atoms in total. The van der Waals surface area contributed by atoms with Gasteiger partial charge in [-0.2, -0.15) is 5.10 Å². The molecule has 1 N–H and O–H groups in total. The molecule has 21 heavy (non-hydrogen) atoms. The number of benzene rings is 1. The lowest BCUT2D eigenvalue weighted by molar-refractivity contribution is -0.141. The van der Waals surface area contributed by atoms with Crippen molar-refractivity contribution in [2.24, 2.45) is 5.92 Å². The van der Waals surface area contributed by atoms with E-state index >= 15 is 0 Å². The topological polar surface area (TPSA) is 75.4 Å². The van der Waals surface area contributed by atoms with E-state index in [4.69, 9.17) is 5.11 Å². The maximum atomic E-state index is 11.8. The highest BCUT2D eigenvalue weighted by Crippen LogP contribution is 2.20. The number of rotatable bonds is 4. The van der Waals surface area contributed by atoms with Crippen molar-refractivity contribution in [3.63, 3.8) is 0 Å². The van der Waals surface area contributed by atoms with Crippen molar-refractivity contribution in [3.05, 3.63) is 48.3 Å². The van der Waals surface area contributed by atoms with E-state index in [-0.39, 0.29) is 18.9 Å².